The van der Waals surface area contributed by atoms with Gasteiger partial charge < -0.3 is 14.2 Å². The van der Waals surface area contributed by atoms with Crippen LogP contribution < -0.4 is 0 Å². The molecule has 1 aliphatic carbocycles. The highest BCUT2D eigenvalue weighted by Gasteiger charge is 2.46. The van der Waals surface area contributed by atoms with Gasteiger partial charge in [0.1, 0.15) is 0 Å². The highest BCUT2D eigenvalue weighted by atomic mass is 16.5. The van der Waals surface area contributed by atoms with Crippen molar-refractivity contribution in [2.75, 3.05) is 41.2 Å². The van der Waals surface area contributed by atoms with Crippen molar-refractivity contribution in [2.45, 2.75) is 38.5 Å². The van der Waals surface area contributed by atoms with Crippen LogP contribution in [0.4, 0.5) is 0 Å². The van der Waals surface area contributed by atoms with Gasteiger partial charge in [-0.05, 0) is 34.6 Å². The number of hydrogen-bond donors (Lipinski definition) is 0. The third-order valence-corrected chi connectivity index (χ3v) is 4.92. The van der Waals surface area contributed by atoms with Crippen molar-refractivity contribution in [2.24, 2.45) is 0 Å². The molecule has 0 unspecified atom stereocenters. The van der Waals surface area contributed by atoms with Crippen molar-refractivity contribution in [3.63, 3.8) is 0 Å². The molecule has 0 atom stereocenters. The second kappa shape index (κ2) is 6.76. The first-order chi connectivity index (χ1) is 10.8. The smallest absolute Gasteiger partial charge is 0.0718 e. The molecule has 0 bridgehead atoms. The molecule has 23 heavy (non-hydrogen) atoms. The molecule has 1 aromatic rings. The quantitative estimate of drug-likeness (QED) is 0.795. The number of fused-ring (bicyclic) bond motifs is 1. The molecule has 0 saturated carbocycles. The van der Waals surface area contributed by atoms with E-state index in [0.717, 1.165) is 0 Å². The predicted molar refractivity (Wildman–Crippen MR) is 95.0 cm³/mol. The average molecular weight is 318 g/mol. The summed E-state index contributed by atoms with van der Waals surface area (Å²) in [6.07, 6.45) is 0. The standard InChI is InChI=1S/C20H30O3/c1-14-16(11-21-5)15-9-8-10-17(19(2,3)4)18(15)20(14,12-22-6)13-23-7/h8-10H,11-13H2,1-7H3. The Hall–Kier alpha value is -1.16. The Labute approximate surface area is 140 Å². The molecule has 3 heteroatoms. The van der Waals surface area contributed by atoms with Crippen LogP contribution in [0.1, 0.15) is 44.4 Å². The van der Waals surface area contributed by atoms with E-state index in [1.165, 1.54) is 27.8 Å². The summed E-state index contributed by atoms with van der Waals surface area (Å²) in [6, 6.07) is 6.59. The van der Waals surface area contributed by atoms with Crippen LogP contribution in [0.3, 0.4) is 0 Å². The van der Waals surface area contributed by atoms with E-state index in [1.807, 2.05) is 0 Å². The predicted octanol–water partition coefficient (Wildman–Crippen LogP) is 3.95. The normalized spacial score (nSPS) is 16.8. The summed E-state index contributed by atoms with van der Waals surface area (Å²) in [5.41, 5.74) is 6.37. The minimum Gasteiger partial charge on any atom is -0.383 e. The fraction of sp³-hybridized carbons (Fsp3) is 0.600. The molecule has 0 heterocycles. The van der Waals surface area contributed by atoms with Crippen LogP contribution in [0.5, 0.6) is 0 Å². The molecule has 1 aromatic carbocycles. The SMILES string of the molecule is COCC1=C(C)C(COC)(COC)c2c1cccc2C(C)(C)C. The summed E-state index contributed by atoms with van der Waals surface area (Å²) in [7, 11) is 5.27. The summed E-state index contributed by atoms with van der Waals surface area (Å²) in [5, 5.41) is 0. The Bertz CT molecular complexity index is 587. The van der Waals surface area contributed by atoms with Gasteiger partial charge in [-0.15, -0.1) is 0 Å². The zero-order valence-corrected chi connectivity index (χ0v) is 15.6. The van der Waals surface area contributed by atoms with Crippen LogP contribution in [0.2, 0.25) is 0 Å². The van der Waals surface area contributed by atoms with E-state index in [0.29, 0.717) is 19.8 Å². The summed E-state index contributed by atoms with van der Waals surface area (Å²) in [4.78, 5) is 0. The highest BCUT2D eigenvalue weighted by molar-refractivity contribution is 5.82. The van der Waals surface area contributed by atoms with Crippen LogP contribution >= 0.6 is 0 Å². The molecule has 3 nitrogen and oxygen atoms in total. The lowest BCUT2D eigenvalue weighted by Crippen LogP contribution is -2.38. The van der Waals surface area contributed by atoms with Crippen molar-refractivity contribution in [1.29, 1.82) is 0 Å². The molecule has 0 aromatic heterocycles. The van der Waals surface area contributed by atoms with Gasteiger partial charge in [-0.3, -0.25) is 0 Å². The van der Waals surface area contributed by atoms with Crippen molar-refractivity contribution in [3.8, 4) is 0 Å². The summed E-state index contributed by atoms with van der Waals surface area (Å²) < 4.78 is 16.8. The van der Waals surface area contributed by atoms with Gasteiger partial charge in [0.2, 0.25) is 0 Å². The van der Waals surface area contributed by atoms with Crippen LogP contribution in [0.15, 0.2) is 23.8 Å². The summed E-state index contributed by atoms with van der Waals surface area (Å²) >= 11 is 0. The molecule has 0 N–H and O–H groups in total. The lowest BCUT2D eigenvalue weighted by Gasteiger charge is -2.36. The summed E-state index contributed by atoms with van der Waals surface area (Å²) in [5.74, 6) is 0. The van der Waals surface area contributed by atoms with E-state index in [4.69, 9.17) is 14.2 Å². The van der Waals surface area contributed by atoms with Crippen molar-refractivity contribution in [1.82, 2.24) is 0 Å². The van der Waals surface area contributed by atoms with E-state index < -0.39 is 0 Å². The molecular weight excluding hydrogens is 288 g/mol. The zero-order valence-electron chi connectivity index (χ0n) is 15.6. The Morgan fingerprint density at radius 3 is 2.04 bits per heavy atom. The molecule has 0 aliphatic heterocycles. The lowest BCUT2D eigenvalue weighted by atomic mass is 9.71. The van der Waals surface area contributed by atoms with Crippen molar-refractivity contribution >= 4 is 5.57 Å². The van der Waals surface area contributed by atoms with Crippen LogP contribution in [0.25, 0.3) is 5.57 Å². The van der Waals surface area contributed by atoms with E-state index in [9.17, 15) is 0 Å². The number of methoxy groups -OCH3 is 3. The van der Waals surface area contributed by atoms with Gasteiger partial charge in [0.05, 0.1) is 25.2 Å². The third-order valence-electron chi connectivity index (χ3n) is 4.92. The Morgan fingerprint density at radius 2 is 1.57 bits per heavy atom. The number of benzene rings is 1. The maximum atomic E-state index is 5.65. The first-order valence-electron chi connectivity index (χ1n) is 8.15. The third kappa shape index (κ3) is 2.98. The molecule has 0 spiro atoms. The maximum absolute atomic E-state index is 5.65. The number of hydrogen-bond acceptors (Lipinski definition) is 3. The molecule has 0 amide bonds. The second-order valence-corrected chi connectivity index (χ2v) is 7.46. The van der Waals surface area contributed by atoms with Gasteiger partial charge >= 0.3 is 0 Å². The molecule has 128 valence electrons. The highest BCUT2D eigenvalue weighted by Crippen LogP contribution is 2.50. The topological polar surface area (TPSA) is 27.7 Å². The van der Waals surface area contributed by atoms with E-state index >= 15 is 0 Å². The van der Waals surface area contributed by atoms with Crippen molar-refractivity contribution < 1.29 is 14.2 Å². The Balaban J connectivity index is 2.79. The number of ether oxygens (including phenoxy) is 3. The van der Waals surface area contributed by atoms with Gasteiger partial charge in [-0.25, -0.2) is 0 Å². The fourth-order valence-corrected chi connectivity index (χ4v) is 3.85. The maximum Gasteiger partial charge on any atom is 0.0718 e. The second-order valence-electron chi connectivity index (χ2n) is 7.46. The summed E-state index contributed by atoms with van der Waals surface area (Å²) in [6.45, 7) is 10.8. The van der Waals surface area contributed by atoms with Crippen LogP contribution in [-0.4, -0.2) is 41.2 Å². The van der Waals surface area contributed by atoms with E-state index in [-0.39, 0.29) is 10.8 Å². The first kappa shape index (κ1) is 18.2. The first-order valence-corrected chi connectivity index (χ1v) is 8.15. The van der Waals surface area contributed by atoms with Gasteiger partial charge in [0.25, 0.3) is 0 Å². The molecular formula is C20H30O3. The lowest BCUT2D eigenvalue weighted by molar-refractivity contribution is 0.0781. The van der Waals surface area contributed by atoms with Crippen LogP contribution in [0, 0.1) is 0 Å². The zero-order chi connectivity index (χ0) is 17.3. The molecule has 0 saturated heterocycles. The Morgan fingerprint density at radius 1 is 0.957 bits per heavy atom. The molecule has 1 aliphatic rings. The fourth-order valence-electron chi connectivity index (χ4n) is 3.85. The minimum absolute atomic E-state index is 0.0564. The van der Waals surface area contributed by atoms with E-state index in [1.54, 1.807) is 21.3 Å². The van der Waals surface area contributed by atoms with Gasteiger partial charge in [-0.2, -0.15) is 0 Å². The largest absolute Gasteiger partial charge is 0.383 e. The van der Waals surface area contributed by atoms with E-state index in [2.05, 4.69) is 45.9 Å². The van der Waals surface area contributed by atoms with Gasteiger partial charge in [-0.1, -0.05) is 44.5 Å². The van der Waals surface area contributed by atoms with Crippen LogP contribution in [-0.2, 0) is 25.0 Å². The van der Waals surface area contributed by atoms with Gasteiger partial charge in [0.15, 0.2) is 0 Å². The molecule has 0 fully saturated rings. The van der Waals surface area contributed by atoms with Gasteiger partial charge in [0, 0.05) is 21.3 Å². The number of rotatable bonds is 6. The molecule has 0 radical (unpaired) electrons. The average Bonchev–Trinajstić information content (AvgIpc) is 2.71. The van der Waals surface area contributed by atoms with Crippen molar-refractivity contribution in [3.05, 3.63) is 40.5 Å². The minimum atomic E-state index is -0.240. The Kier molecular flexibility index (Phi) is 5.34. The molecule has 2 rings (SSSR count). The monoisotopic (exact) mass is 318 g/mol.